The second kappa shape index (κ2) is 7.98. The fraction of sp³-hybridized carbons (Fsp3) is 0.462. The Balaban J connectivity index is 4.16. The number of ether oxygens (including phenoxy) is 4. The molecule has 0 rings (SSSR count). The van der Waals surface area contributed by atoms with Crippen molar-refractivity contribution in [2.24, 2.45) is 0 Å². The molecule has 0 bridgehead atoms. The van der Waals surface area contributed by atoms with Gasteiger partial charge in [0.1, 0.15) is 0 Å². The van der Waals surface area contributed by atoms with E-state index in [4.69, 9.17) is 9.47 Å². The van der Waals surface area contributed by atoms with Crippen LogP contribution in [-0.4, -0.2) is 30.7 Å². The van der Waals surface area contributed by atoms with Gasteiger partial charge in [0, 0.05) is 25.0 Å². The number of rotatable bonds is 6. The van der Waals surface area contributed by atoms with Gasteiger partial charge in [-0.05, 0) is 13.8 Å². The minimum Gasteiger partial charge on any atom is -0.422 e. The fourth-order valence-corrected chi connectivity index (χ4v) is 0.850. The highest BCUT2D eigenvalue weighted by Crippen LogP contribution is 2.05. The molecule has 7 heteroatoms. The molecule has 112 valence electrons. The van der Waals surface area contributed by atoms with E-state index in [2.05, 4.69) is 22.6 Å². The summed E-state index contributed by atoms with van der Waals surface area (Å²) in [4.78, 5) is 33.6. The normalized spacial score (nSPS) is 12.6. The third kappa shape index (κ3) is 7.20. The SMILES string of the molecule is C=C(C)C(=O)OC(C)OC(=O)OC(C)OC(=O)C(=C)C. The lowest BCUT2D eigenvalue weighted by Gasteiger charge is -2.17. The van der Waals surface area contributed by atoms with E-state index in [1.54, 1.807) is 0 Å². The summed E-state index contributed by atoms with van der Waals surface area (Å²) in [6, 6.07) is 0. The maximum Gasteiger partial charge on any atom is 0.514 e. The minimum absolute atomic E-state index is 0.164. The summed E-state index contributed by atoms with van der Waals surface area (Å²) in [5, 5.41) is 0. The van der Waals surface area contributed by atoms with Crippen LogP contribution >= 0.6 is 0 Å². The standard InChI is InChI=1S/C13H18O7/c1-7(2)11(14)17-9(5)19-13(16)20-10(6)18-12(15)8(3)4/h9-10H,1,3H2,2,4-6H3. The first-order chi connectivity index (χ1) is 9.13. The summed E-state index contributed by atoms with van der Waals surface area (Å²) in [6.07, 6.45) is -3.46. The highest BCUT2D eigenvalue weighted by atomic mass is 16.8. The van der Waals surface area contributed by atoms with E-state index in [0.29, 0.717) is 0 Å². The number of esters is 2. The first kappa shape index (κ1) is 17.7. The molecular weight excluding hydrogens is 268 g/mol. The van der Waals surface area contributed by atoms with Crippen molar-refractivity contribution in [3.63, 3.8) is 0 Å². The third-order valence-electron chi connectivity index (χ3n) is 1.77. The quantitative estimate of drug-likeness (QED) is 0.419. The van der Waals surface area contributed by atoms with E-state index < -0.39 is 30.7 Å². The van der Waals surface area contributed by atoms with Crippen molar-refractivity contribution in [2.45, 2.75) is 40.3 Å². The Morgan fingerprint density at radius 1 is 0.750 bits per heavy atom. The smallest absolute Gasteiger partial charge is 0.422 e. The zero-order valence-corrected chi connectivity index (χ0v) is 11.9. The van der Waals surface area contributed by atoms with Crippen LogP contribution in [0.5, 0.6) is 0 Å². The lowest BCUT2D eigenvalue weighted by Crippen LogP contribution is -2.27. The molecule has 0 saturated carbocycles. The lowest BCUT2D eigenvalue weighted by molar-refractivity contribution is -0.175. The highest BCUT2D eigenvalue weighted by molar-refractivity contribution is 5.87. The summed E-state index contributed by atoms with van der Waals surface area (Å²) >= 11 is 0. The molecule has 0 aliphatic rings. The first-order valence-electron chi connectivity index (χ1n) is 5.73. The molecule has 7 nitrogen and oxygen atoms in total. The topological polar surface area (TPSA) is 88.1 Å². The largest absolute Gasteiger partial charge is 0.514 e. The molecule has 0 fully saturated rings. The van der Waals surface area contributed by atoms with Gasteiger partial charge in [-0.1, -0.05) is 13.2 Å². The van der Waals surface area contributed by atoms with Gasteiger partial charge < -0.3 is 18.9 Å². The summed E-state index contributed by atoms with van der Waals surface area (Å²) < 4.78 is 18.6. The lowest BCUT2D eigenvalue weighted by atomic mass is 10.4. The Labute approximate surface area is 117 Å². The number of hydrogen-bond acceptors (Lipinski definition) is 7. The molecule has 20 heavy (non-hydrogen) atoms. The monoisotopic (exact) mass is 286 g/mol. The predicted octanol–water partition coefficient (Wildman–Crippen LogP) is 2.07. The molecule has 0 heterocycles. The van der Waals surface area contributed by atoms with E-state index in [1.807, 2.05) is 0 Å². The highest BCUT2D eigenvalue weighted by Gasteiger charge is 2.19. The van der Waals surface area contributed by atoms with E-state index in [9.17, 15) is 14.4 Å². The molecule has 0 aromatic heterocycles. The van der Waals surface area contributed by atoms with Gasteiger partial charge in [0.15, 0.2) is 0 Å². The molecule has 0 aromatic carbocycles. The Morgan fingerprint density at radius 2 is 1.05 bits per heavy atom. The van der Waals surface area contributed by atoms with Crippen LogP contribution in [0.1, 0.15) is 27.7 Å². The summed E-state index contributed by atoms with van der Waals surface area (Å²) in [7, 11) is 0. The second-order valence-corrected chi connectivity index (χ2v) is 3.99. The van der Waals surface area contributed by atoms with Gasteiger partial charge >= 0.3 is 18.1 Å². The Morgan fingerprint density at radius 3 is 1.30 bits per heavy atom. The van der Waals surface area contributed by atoms with Crippen LogP contribution in [0.2, 0.25) is 0 Å². The maximum absolute atomic E-state index is 11.3. The van der Waals surface area contributed by atoms with E-state index in [-0.39, 0.29) is 11.1 Å². The van der Waals surface area contributed by atoms with Gasteiger partial charge in [-0.3, -0.25) is 0 Å². The van der Waals surface area contributed by atoms with Crippen LogP contribution in [0.25, 0.3) is 0 Å². The molecule has 2 unspecified atom stereocenters. The Hall–Kier alpha value is -2.31. The molecule has 0 amide bonds. The predicted molar refractivity (Wildman–Crippen MR) is 68.3 cm³/mol. The van der Waals surface area contributed by atoms with Crippen LogP contribution in [-0.2, 0) is 28.5 Å². The zero-order valence-electron chi connectivity index (χ0n) is 11.9. The van der Waals surface area contributed by atoms with E-state index in [1.165, 1.54) is 27.7 Å². The van der Waals surface area contributed by atoms with Crippen LogP contribution in [0.4, 0.5) is 4.79 Å². The minimum atomic E-state index is -1.16. The van der Waals surface area contributed by atoms with Gasteiger partial charge in [-0.2, -0.15) is 0 Å². The fourth-order valence-electron chi connectivity index (χ4n) is 0.850. The van der Waals surface area contributed by atoms with Crippen molar-refractivity contribution in [3.8, 4) is 0 Å². The molecule has 0 aliphatic carbocycles. The molecule has 2 atom stereocenters. The van der Waals surface area contributed by atoms with Crippen LogP contribution < -0.4 is 0 Å². The van der Waals surface area contributed by atoms with Crippen LogP contribution in [0, 0.1) is 0 Å². The Kier molecular flexibility index (Phi) is 7.06. The van der Waals surface area contributed by atoms with Crippen molar-refractivity contribution < 1.29 is 33.3 Å². The van der Waals surface area contributed by atoms with Gasteiger partial charge in [-0.25, -0.2) is 14.4 Å². The number of hydrogen-bond donors (Lipinski definition) is 0. The number of carbonyl (C=O) groups is 3. The van der Waals surface area contributed by atoms with E-state index in [0.717, 1.165) is 0 Å². The molecule has 0 aliphatic heterocycles. The van der Waals surface area contributed by atoms with Crippen molar-refractivity contribution >= 4 is 18.1 Å². The zero-order chi connectivity index (χ0) is 15.9. The molecule has 0 saturated heterocycles. The van der Waals surface area contributed by atoms with Gasteiger partial charge in [0.25, 0.3) is 0 Å². The average molecular weight is 286 g/mol. The van der Waals surface area contributed by atoms with Crippen molar-refractivity contribution in [1.29, 1.82) is 0 Å². The van der Waals surface area contributed by atoms with E-state index >= 15 is 0 Å². The molecule has 0 spiro atoms. The van der Waals surface area contributed by atoms with Crippen LogP contribution in [0.15, 0.2) is 24.3 Å². The van der Waals surface area contributed by atoms with Gasteiger partial charge in [-0.15, -0.1) is 0 Å². The maximum atomic E-state index is 11.3. The van der Waals surface area contributed by atoms with Crippen molar-refractivity contribution in [3.05, 3.63) is 24.3 Å². The van der Waals surface area contributed by atoms with Crippen molar-refractivity contribution in [2.75, 3.05) is 0 Å². The molecule has 0 radical (unpaired) electrons. The third-order valence-corrected chi connectivity index (χ3v) is 1.77. The molecule has 0 aromatic rings. The molecular formula is C13H18O7. The van der Waals surface area contributed by atoms with Gasteiger partial charge in [0.2, 0.25) is 12.6 Å². The summed E-state index contributed by atoms with van der Waals surface area (Å²) in [5.41, 5.74) is 0.329. The average Bonchev–Trinajstić information content (AvgIpc) is 2.27. The van der Waals surface area contributed by atoms with Crippen molar-refractivity contribution in [1.82, 2.24) is 0 Å². The van der Waals surface area contributed by atoms with Crippen LogP contribution in [0.3, 0.4) is 0 Å². The van der Waals surface area contributed by atoms with Gasteiger partial charge in [0.05, 0.1) is 0 Å². The first-order valence-corrected chi connectivity index (χ1v) is 5.73. The Bertz CT molecular complexity index is 386. The number of carbonyl (C=O) groups excluding carboxylic acids is 3. The summed E-state index contributed by atoms with van der Waals surface area (Å²) in [5.74, 6) is -1.40. The summed E-state index contributed by atoms with van der Waals surface area (Å²) in [6.45, 7) is 12.3. The molecule has 0 N–H and O–H groups in total. The second-order valence-electron chi connectivity index (χ2n) is 3.99.